The van der Waals surface area contributed by atoms with Gasteiger partial charge >= 0.3 is 0 Å². The normalized spacial score (nSPS) is 9.31. The second-order valence-corrected chi connectivity index (χ2v) is 3.09. The number of benzene rings is 1. The molecule has 0 aliphatic carbocycles. The largest absolute Gasteiger partial charge is 0.484 e. The summed E-state index contributed by atoms with van der Waals surface area (Å²) in [4.78, 5) is 21.6. The molecule has 0 fully saturated rings. The van der Waals surface area contributed by atoms with Gasteiger partial charge in [-0.3, -0.25) is 20.4 Å². The number of hydrazine groups is 1. The summed E-state index contributed by atoms with van der Waals surface area (Å²) in [6, 6.07) is 6.72. The highest BCUT2D eigenvalue weighted by molar-refractivity contribution is 5.81. The number of amides is 2. The molecular weight excluding hydrogens is 210 g/mol. The Morgan fingerprint density at radius 1 is 1.38 bits per heavy atom. The van der Waals surface area contributed by atoms with Crippen LogP contribution in [0.4, 0.5) is 5.69 Å². The Labute approximate surface area is 92.7 Å². The SMILES string of the molecule is CC(=O)NNC(=O)COc1cccc(N)c1. The van der Waals surface area contributed by atoms with Crippen molar-refractivity contribution in [3.8, 4) is 5.75 Å². The fraction of sp³-hybridized carbons (Fsp3) is 0.200. The summed E-state index contributed by atoms with van der Waals surface area (Å²) in [5.74, 6) is -0.298. The summed E-state index contributed by atoms with van der Waals surface area (Å²) < 4.78 is 5.14. The Hall–Kier alpha value is -2.24. The Balaban J connectivity index is 2.34. The van der Waals surface area contributed by atoms with Crippen LogP contribution in [0.15, 0.2) is 24.3 Å². The van der Waals surface area contributed by atoms with Gasteiger partial charge in [0.15, 0.2) is 6.61 Å². The molecule has 6 nitrogen and oxygen atoms in total. The molecule has 0 bridgehead atoms. The van der Waals surface area contributed by atoms with Gasteiger partial charge in [0.1, 0.15) is 5.75 Å². The van der Waals surface area contributed by atoms with Gasteiger partial charge < -0.3 is 10.5 Å². The van der Waals surface area contributed by atoms with Crippen molar-refractivity contribution in [3.05, 3.63) is 24.3 Å². The second-order valence-electron chi connectivity index (χ2n) is 3.09. The van der Waals surface area contributed by atoms with Crippen LogP contribution in [0.5, 0.6) is 5.75 Å². The first-order chi connectivity index (χ1) is 7.58. The number of hydrogen-bond acceptors (Lipinski definition) is 4. The first-order valence-corrected chi connectivity index (χ1v) is 4.61. The molecule has 16 heavy (non-hydrogen) atoms. The van der Waals surface area contributed by atoms with Crippen LogP contribution in [0.3, 0.4) is 0 Å². The number of carbonyl (C=O) groups excluding carboxylic acids is 2. The fourth-order valence-corrected chi connectivity index (χ4v) is 0.947. The predicted molar refractivity (Wildman–Crippen MR) is 58.3 cm³/mol. The molecule has 4 N–H and O–H groups in total. The quantitative estimate of drug-likeness (QED) is 0.489. The van der Waals surface area contributed by atoms with Crippen molar-refractivity contribution in [1.29, 1.82) is 0 Å². The van der Waals surface area contributed by atoms with E-state index in [1.54, 1.807) is 24.3 Å². The molecule has 0 radical (unpaired) electrons. The van der Waals surface area contributed by atoms with Crippen molar-refractivity contribution in [3.63, 3.8) is 0 Å². The van der Waals surface area contributed by atoms with Crippen LogP contribution in [-0.2, 0) is 9.59 Å². The number of anilines is 1. The highest BCUT2D eigenvalue weighted by atomic mass is 16.5. The van der Waals surface area contributed by atoms with Crippen molar-refractivity contribution in [2.24, 2.45) is 0 Å². The van der Waals surface area contributed by atoms with Gasteiger partial charge in [-0.25, -0.2) is 0 Å². The lowest BCUT2D eigenvalue weighted by molar-refractivity contribution is -0.129. The maximum absolute atomic E-state index is 11.1. The third-order valence-electron chi connectivity index (χ3n) is 1.61. The fourth-order valence-electron chi connectivity index (χ4n) is 0.947. The molecule has 0 unspecified atom stereocenters. The standard InChI is InChI=1S/C10H13N3O3/c1-7(14)12-13-10(15)6-16-9-4-2-3-8(11)5-9/h2-5H,6,11H2,1H3,(H,12,14)(H,13,15). The lowest BCUT2D eigenvalue weighted by atomic mass is 10.3. The van der Waals surface area contributed by atoms with E-state index in [4.69, 9.17) is 10.5 Å². The number of rotatable bonds is 3. The van der Waals surface area contributed by atoms with Crippen molar-refractivity contribution >= 4 is 17.5 Å². The molecule has 0 aliphatic rings. The van der Waals surface area contributed by atoms with Gasteiger partial charge in [-0.2, -0.15) is 0 Å². The van der Waals surface area contributed by atoms with E-state index in [0.29, 0.717) is 11.4 Å². The molecule has 0 saturated carbocycles. The van der Waals surface area contributed by atoms with E-state index in [-0.39, 0.29) is 12.5 Å². The molecule has 0 heterocycles. The van der Waals surface area contributed by atoms with E-state index in [1.807, 2.05) is 0 Å². The first-order valence-electron chi connectivity index (χ1n) is 4.61. The van der Waals surface area contributed by atoms with Crippen molar-refractivity contribution in [2.45, 2.75) is 6.92 Å². The number of nitrogens with two attached hydrogens (primary N) is 1. The summed E-state index contributed by atoms with van der Waals surface area (Å²) in [5, 5.41) is 0. The number of ether oxygens (including phenoxy) is 1. The second kappa shape index (κ2) is 5.59. The van der Waals surface area contributed by atoms with Crippen molar-refractivity contribution < 1.29 is 14.3 Å². The lowest BCUT2D eigenvalue weighted by Gasteiger charge is -2.07. The lowest BCUT2D eigenvalue weighted by Crippen LogP contribution is -2.42. The number of carbonyl (C=O) groups is 2. The van der Waals surface area contributed by atoms with E-state index >= 15 is 0 Å². The molecule has 0 atom stereocenters. The Bertz CT molecular complexity index is 393. The summed E-state index contributed by atoms with van der Waals surface area (Å²) in [7, 11) is 0. The monoisotopic (exact) mass is 223 g/mol. The average molecular weight is 223 g/mol. The summed E-state index contributed by atoms with van der Waals surface area (Å²) in [6.45, 7) is 1.10. The topological polar surface area (TPSA) is 93.5 Å². The number of nitrogens with one attached hydrogen (secondary N) is 2. The van der Waals surface area contributed by atoms with Gasteiger partial charge in [0, 0.05) is 18.7 Å². The third-order valence-corrected chi connectivity index (χ3v) is 1.61. The summed E-state index contributed by atoms with van der Waals surface area (Å²) >= 11 is 0. The Morgan fingerprint density at radius 2 is 2.12 bits per heavy atom. The van der Waals surface area contributed by atoms with Crippen molar-refractivity contribution in [1.82, 2.24) is 10.9 Å². The van der Waals surface area contributed by atoms with Crippen LogP contribution in [0, 0.1) is 0 Å². The molecule has 0 aromatic heterocycles. The molecule has 1 aromatic rings. The van der Waals surface area contributed by atoms with Gasteiger partial charge in [0.2, 0.25) is 5.91 Å². The van der Waals surface area contributed by atoms with Crippen LogP contribution < -0.4 is 21.3 Å². The van der Waals surface area contributed by atoms with Crippen LogP contribution in [0.2, 0.25) is 0 Å². The van der Waals surface area contributed by atoms with Gasteiger partial charge in [0.25, 0.3) is 5.91 Å². The van der Waals surface area contributed by atoms with Gasteiger partial charge in [-0.15, -0.1) is 0 Å². The van der Waals surface area contributed by atoms with Gasteiger partial charge in [-0.1, -0.05) is 6.07 Å². The minimum Gasteiger partial charge on any atom is -0.484 e. The van der Waals surface area contributed by atoms with Crippen LogP contribution in [-0.4, -0.2) is 18.4 Å². The van der Waals surface area contributed by atoms with E-state index in [1.165, 1.54) is 6.92 Å². The Morgan fingerprint density at radius 3 is 2.75 bits per heavy atom. The average Bonchev–Trinajstić information content (AvgIpc) is 2.23. The van der Waals surface area contributed by atoms with Gasteiger partial charge in [0.05, 0.1) is 0 Å². The molecule has 2 amide bonds. The predicted octanol–water partition coefficient (Wildman–Crippen LogP) is -0.185. The molecule has 6 heteroatoms. The molecule has 1 aromatic carbocycles. The zero-order valence-corrected chi connectivity index (χ0v) is 8.82. The molecule has 86 valence electrons. The molecular formula is C10H13N3O3. The van der Waals surface area contributed by atoms with Crippen LogP contribution in [0.25, 0.3) is 0 Å². The smallest absolute Gasteiger partial charge is 0.276 e. The van der Waals surface area contributed by atoms with Gasteiger partial charge in [-0.05, 0) is 12.1 Å². The summed E-state index contributed by atoms with van der Waals surface area (Å²) in [6.07, 6.45) is 0. The zero-order valence-electron chi connectivity index (χ0n) is 8.82. The van der Waals surface area contributed by atoms with E-state index in [9.17, 15) is 9.59 Å². The first kappa shape index (κ1) is 11.8. The van der Waals surface area contributed by atoms with Crippen LogP contribution in [0.1, 0.15) is 6.92 Å². The van der Waals surface area contributed by atoms with Crippen LogP contribution >= 0.6 is 0 Å². The minimum absolute atomic E-state index is 0.191. The molecule has 0 aliphatic heterocycles. The highest BCUT2D eigenvalue weighted by Crippen LogP contribution is 2.13. The molecule has 0 saturated heterocycles. The highest BCUT2D eigenvalue weighted by Gasteiger charge is 2.02. The van der Waals surface area contributed by atoms with E-state index < -0.39 is 5.91 Å². The maximum atomic E-state index is 11.1. The Kier molecular flexibility index (Phi) is 4.14. The van der Waals surface area contributed by atoms with Crippen molar-refractivity contribution in [2.75, 3.05) is 12.3 Å². The summed E-state index contributed by atoms with van der Waals surface area (Å²) in [5.41, 5.74) is 10.4. The molecule has 0 spiro atoms. The molecule has 1 rings (SSSR count). The minimum atomic E-state index is -0.447. The third kappa shape index (κ3) is 4.32. The van der Waals surface area contributed by atoms with E-state index in [0.717, 1.165) is 0 Å². The number of nitrogen functional groups attached to an aromatic ring is 1. The maximum Gasteiger partial charge on any atom is 0.276 e. The van der Waals surface area contributed by atoms with E-state index in [2.05, 4.69) is 10.9 Å². The number of hydrogen-bond donors (Lipinski definition) is 3. The zero-order chi connectivity index (χ0) is 12.0.